The zero-order valence-electron chi connectivity index (χ0n) is 9.37. The fourth-order valence-corrected chi connectivity index (χ4v) is 2.31. The average Bonchev–Trinajstić information content (AvgIpc) is 2.57. The second-order valence-electron chi connectivity index (χ2n) is 3.52. The second kappa shape index (κ2) is 4.58. The summed E-state index contributed by atoms with van der Waals surface area (Å²) in [6, 6.07) is 5.43. The zero-order valence-corrected chi connectivity index (χ0v) is 11.7. The van der Waals surface area contributed by atoms with Crippen molar-refractivity contribution >= 4 is 33.3 Å². The molecular formula is C11H11BrClN3O. The monoisotopic (exact) mass is 315 g/mol. The third kappa shape index (κ3) is 2.12. The highest BCUT2D eigenvalue weighted by molar-refractivity contribution is 9.10. The van der Waals surface area contributed by atoms with Gasteiger partial charge in [-0.25, -0.2) is 0 Å². The standard InChI is InChI=1S/C11H11BrClN3O/c1-16-11(14)9(12)10(15-16)7-4-3-6(17-2)5-8(7)13/h3-5H,14H2,1-2H3. The van der Waals surface area contributed by atoms with Crippen LogP contribution in [0.15, 0.2) is 22.7 Å². The Bertz CT molecular complexity index is 568. The summed E-state index contributed by atoms with van der Waals surface area (Å²) in [5.41, 5.74) is 7.36. The average molecular weight is 317 g/mol. The maximum Gasteiger partial charge on any atom is 0.136 e. The summed E-state index contributed by atoms with van der Waals surface area (Å²) in [6.07, 6.45) is 0. The number of hydrogen-bond acceptors (Lipinski definition) is 3. The second-order valence-corrected chi connectivity index (χ2v) is 4.72. The molecule has 90 valence electrons. The Labute approximate surface area is 112 Å². The number of nitrogens with two attached hydrogens (primary N) is 1. The van der Waals surface area contributed by atoms with Crippen molar-refractivity contribution in [3.63, 3.8) is 0 Å². The minimum absolute atomic E-state index is 0.562. The molecule has 6 heteroatoms. The van der Waals surface area contributed by atoms with E-state index in [0.29, 0.717) is 16.6 Å². The Balaban J connectivity index is 2.57. The fraction of sp³-hybridized carbons (Fsp3) is 0.182. The van der Waals surface area contributed by atoms with Gasteiger partial charge in [-0.3, -0.25) is 4.68 Å². The lowest BCUT2D eigenvalue weighted by molar-refractivity contribution is 0.415. The molecule has 2 rings (SSSR count). The lowest BCUT2D eigenvalue weighted by atomic mass is 10.1. The van der Waals surface area contributed by atoms with Crippen molar-refractivity contribution < 1.29 is 4.74 Å². The molecule has 1 aromatic carbocycles. The summed E-state index contributed by atoms with van der Waals surface area (Å²) in [6.45, 7) is 0. The number of aromatic nitrogens is 2. The maximum absolute atomic E-state index is 6.19. The third-order valence-corrected chi connectivity index (χ3v) is 3.56. The van der Waals surface area contributed by atoms with Gasteiger partial charge in [0, 0.05) is 12.6 Å². The number of halogens is 2. The van der Waals surface area contributed by atoms with Crippen LogP contribution in [0.4, 0.5) is 5.82 Å². The molecule has 0 aliphatic carbocycles. The Morgan fingerprint density at radius 2 is 2.18 bits per heavy atom. The molecule has 0 atom stereocenters. The van der Waals surface area contributed by atoms with E-state index in [9.17, 15) is 0 Å². The molecule has 0 aliphatic rings. The van der Waals surface area contributed by atoms with Crippen LogP contribution < -0.4 is 10.5 Å². The van der Waals surface area contributed by atoms with E-state index in [-0.39, 0.29) is 0 Å². The van der Waals surface area contributed by atoms with Crippen LogP contribution in [0.1, 0.15) is 0 Å². The topological polar surface area (TPSA) is 53.1 Å². The molecule has 0 bridgehead atoms. The predicted molar refractivity (Wildman–Crippen MR) is 72.3 cm³/mol. The summed E-state index contributed by atoms with van der Waals surface area (Å²) >= 11 is 9.59. The Hall–Kier alpha value is -1.20. The van der Waals surface area contributed by atoms with Crippen LogP contribution in [-0.4, -0.2) is 16.9 Å². The number of anilines is 1. The van der Waals surface area contributed by atoms with Gasteiger partial charge in [-0.15, -0.1) is 0 Å². The summed E-state index contributed by atoms with van der Waals surface area (Å²) in [7, 11) is 3.38. The van der Waals surface area contributed by atoms with E-state index in [1.165, 1.54) is 0 Å². The molecule has 0 amide bonds. The van der Waals surface area contributed by atoms with Gasteiger partial charge in [-0.2, -0.15) is 5.10 Å². The summed E-state index contributed by atoms with van der Waals surface area (Å²) in [5, 5.41) is 4.89. The van der Waals surface area contributed by atoms with E-state index >= 15 is 0 Å². The lowest BCUT2D eigenvalue weighted by Crippen LogP contribution is -1.97. The minimum atomic E-state index is 0.562. The molecule has 1 heterocycles. The first-order valence-corrected chi connectivity index (χ1v) is 6.03. The Morgan fingerprint density at radius 3 is 2.65 bits per heavy atom. The fourth-order valence-electron chi connectivity index (χ4n) is 1.50. The number of benzene rings is 1. The van der Waals surface area contributed by atoms with Gasteiger partial charge in [0.05, 0.1) is 16.6 Å². The molecule has 0 radical (unpaired) electrons. The maximum atomic E-state index is 6.19. The van der Waals surface area contributed by atoms with Crippen molar-refractivity contribution in [3.05, 3.63) is 27.7 Å². The van der Waals surface area contributed by atoms with Gasteiger partial charge in [0.15, 0.2) is 0 Å². The molecule has 1 aromatic heterocycles. The highest BCUT2D eigenvalue weighted by Gasteiger charge is 2.15. The number of rotatable bonds is 2. The first kappa shape index (κ1) is 12.3. The predicted octanol–water partition coefficient (Wildman–Crippen LogP) is 3.09. The number of nitrogens with zero attached hydrogens (tertiary/aromatic N) is 2. The van der Waals surface area contributed by atoms with E-state index in [4.69, 9.17) is 22.1 Å². The molecule has 0 fully saturated rings. The van der Waals surface area contributed by atoms with Gasteiger partial charge >= 0.3 is 0 Å². The molecule has 2 N–H and O–H groups in total. The van der Waals surface area contributed by atoms with Crippen LogP contribution in [0, 0.1) is 0 Å². The van der Waals surface area contributed by atoms with Crippen LogP contribution in [0.5, 0.6) is 5.75 Å². The third-order valence-electron chi connectivity index (χ3n) is 2.46. The molecule has 17 heavy (non-hydrogen) atoms. The molecule has 0 spiro atoms. The highest BCUT2D eigenvalue weighted by Crippen LogP contribution is 2.36. The summed E-state index contributed by atoms with van der Waals surface area (Å²) < 4.78 is 7.44. The number of nitrogen functional groups attached to an aromatic ring is 1. The number of ether oxygens (including phenoxy) is 1. The van der Waals surface area contributed by atoms with E-state index in [1.807, 2.05) is 12.1 Å². The van der Waals surface area contributed by atoms with Crippen molar-refractivity contribution in [2.45, 2.75) is 0 Å². The molecule has 4 nitrogen and oxygen atoms in total. The summed E-state index contributed by atoms with van der Waals surface area (Å²) in [5.74, 6) is 1.27. The molecular weight excluding hydrogens is 305 g/mol. The largest absolute Gasteiger partial charge is 0.497 e. The smallest absolute Gasteiger partial charge is 0.136 e. The molecule has 0 saturated heterocycles. The van der Waals surface area contributed by atoms with Crippen molar-refractivity contribution in [2.75, 3.05) is 12.8 Å². The van der Waals surface area contributed by atoms with Crippen LogP contribution >= 0.6 is 27.5 Å². The zero-order chi connectivity index (χ0) is 12.6. The Kier molecular flexibility index (Phi) is 3.31. The molecule has 0 saturated carbocycles. The first-order valence-electron chi connectivity index (χ1n) is 4.86. The number of aryl methyl sites for hydroxylation is 1. The van der Waals surface area contributed by atoms with Gasteiger partial charge in [-0.1, -0.05) is 11.6 Å². The first-order chi connectivity index (χ1) is 8.04. The van der Waals surface area contributed by atoms with Crippen LogP contribution in [-0.2, 0) is 7.05 Å². The normalized spacial score (nSPS) is 10.6. The van der Waals surface area contributed by atoms with Gasteiger partial charge in [-0.05, 0) is 34.1 Å². The van der Waals surface area contributed by atoms with Crippen molar-refractivity contribution in [2.24, 2.45) is 7.05 Å². The van der Waals surface area contributed by atoms with Crippen molar-refractivity contribution in [1.82, 2.24) is 9.78 Å². The van der Waals surface area contributed by atoms with Crippen molar-refractivity contribution in [3.8, 4) is 17.0 Å². The molecule has 0 aliphatic heterocycles. The number of methoxy groups -OCH3 is 1. The van der Waals surface area contributed by atoms with Gasteiger partial charge in [0.25, 0.3) is 0 Å². The van der Waals surface area contributed by atoms with Gasteiger partial charge in [0.2, 0.25) is 0 Å². The Morgan fingerprint density at radius 1 is 1.47 bits per heavy atom. The number of hydrogen-bond donors (Lipinski definition) is 1. The van der Waals surface area contributed by atoms with Crippen molar-refractivity contribution in [1.29, 1.82) is 0 Å². The molecule has 0 unspecified atom stereocenters. The highest BCUT2D eigenvalue weighted by atomic mass is 79.9. The SMILES string of the molecule is COc1ccc(-c2nn(C)c(N)c2Br)c(Cl)c1. The van der Waals surface area contributed by atoms with E-state index < -0.39 is 0 Å². The van der Waals surface area contributed by atoms with Crippen LogP contribution in [0.2, 0.25) is 5.02 Å². The quantitative estimate of drug-likeness (QED) is 0.926. The molecule has 2 aromatic rings. The van der Waals surface area contributed by atoms with E-state index in [2.05, 4.69) is 21.0 Å². The van der Waals surface area contributed by atoms with Crippen LogP contribution in [0.3, 0.4) is 0 Å². The lowest BCUT2D eigenvalue weighted by Gasteiger charge is -2.04. The van der Waals surface area contributed by atoms with Gasteiger partial charge < -0.3 is 10.5 Å². The van der Waals surface area contributed by atoms with E-state index in [1.54, 1.807) is 24.9 Å². The van der Waals surface area contributed by atoms with Crippen LogP contribution in [0.25, 0.3) is 11.3 Å². The van der Waals surface area contributed by atoms with E-state index in [0.717, 1.165) is 15.7 Å². The summed E-state index contributed by atoms with van der Waals surface area (Å²) in [4.78, 5) is 0. The minimum Gasteiger partial charge on any atom is -0.497 e. The van der Waals surface area contributed by atoms with Gasteiger partial charge in [0.1, 0.15) is 17.3 Å².